The molecule has 1 aromatic carbocycles. The number of rotatable bonds is 2. The molecule has 1 amide bonds. The molecule has 2 aromatic heterocycles. The topological polar surface area (TPSA) is 44.9 Å². The largest absolute Gasteiger partial charge is 0.361 e. The molecule has 0 fully saturated rings. The number of H-pyrrole nitrogens is 1. The Bertz CT molecular complexity index is 655. The maximum absolute atomic E-state index is 11.8. The lowest BCUT2D eigenvalue weighted by Crippen LogP contribution is -2.09. The van der Waals surface area contributed by atoms with E-state index in [9.17, 15) is 4.79 Å². The van der Waals surface area contributed by atoms with Gasteiger partial charge in [0.1, 0.15) is 0 Å². The summed E-state index contributed by atoms with van der Waals surface area (Å²) in [6.45, 7) is 0. The highest BCUT2D eigenvalue weighted by atomic mass is 32.1. The van der Waals surface area contributed by atoms with E-state index in [4.69, 9.17) is 0 Å². The number of carbonyl (C=O) groups is 1. The van der Waals surface area contributed by atoms with Crippen molar-refractivity contribution in [2.24, 2.45) is 0 Å². The van der Waals surface area contributed by atoms with Gasteiger partial charge in [-0.2, -0.15) is 0 Å². The fourth-order valence-electron chi connectivity index (χ4n) is 1.73. The van der Waals surface area contributed by atoms with Crippen LogP contribution in [0.5, 0.6) is 0 Å². The van der Waals surface area contributed by atoms with E-state index in [1.807, 2.05) is 48.0 Å². The van der Waals surface area contributed by atoms with Crippen LogP contribution in [0.15, 0.2) is 48.0 Å². The van der Waals surface area contributed by atoms with Crippen LogP contribution in [-0.4, -0.2) is 10.9 Å². The monoisotopic (exact) mass is 242 g/mol. The highest BCUT2D eigenvalue weighted by Gasteiger charge is 2.06. The summed E-state index contributed by atoms with van der Waals surface area (Å²) in [5.41, 5.74) is 1.83. The molecule has 2 N–H and O–H groups in total. The van der Waals surface area contributed by atoms with Gasteiger partial charge in [-0.15, -0.1) is 11.3 Å². The zero-order valence-electron chi connectivity index (χ0n) is 8.94. The Hall–Kier alpha value is -2.07. The summed E-state index contributed by atoms with van der Waals surface area (Å²) in [5.74, 6) is -0.0640. The van der Waals surface area contributed by atoms with Gasteiger partial charge in [0.25, 0.3) is 5.91 Å². The second-order valence-electron chi connectivity index (χ2n) is 3.71. The standard InChI is InChI=1S/C13H10N2OS/c16-13(12-2-1-7-17-12)15-10-4-3-9-5-6-14-11(9)8-10/h1-8,14H,(H,15,16). The van der Waals surface area contributed by atoms with E-state index < -0.39 is 0 Å². The molecule has 0 aliphatic carbocycles. The molecule has 3 nitrogen and oxygen atoms in total. The lowest BCUT2D eigenvalue weighted by molar-refractivity contribution is 0.103. The van der Waals surface area contributed by atoms with Crippen molar-refractivity contribution >= 4 is 33.8 Å². The molecule has 0 unspecified atom stereocenters. The van der Waals surface area contributed by atoms with Crippen LogP contribution in [0.4, 0.5) is 5.69 Å². The van der Waals surface area contributed by atoms with Crippen molar-refractivity contribution in [3.63, 3.8) is 0 Å². The third-order valence-electron chi connectivity index (χ3n) is 2.56. The Kier molecular flexibility index (Phi) is 2.42. The number of amides is 1. The molecule has 0 saturated carbocycles. The lowest BCUT2D eigenvalue weighted by Gasteiger charge is -2.03. The van der Waals surface area contributed by atoms with Crippen molar-refractivity contribution in [3.8, 4) is 0 Å². The first kappa shape index (κ1) is 10.1. The quantitative estimate of drug-likeness (QED) is 0.710. The Morgan fingerprint density at radius 2 is 2.18 bits per heavy atom. The van der Waals surface area contributed by atoms with Crippen molar-refractivity contribution in [2.45, 2.75) is 0 Å². The van der Waals surface area contributed by atoms with Crippen LogP contribution in [0, 0.1) is 0 Å². The second kappa shape index (κ2) is 4.07. The molecule has 3 rings (SSSR count). The van der Waals surface area contributed by atoms with Gasteiger partial charge in [0.2, 0.25) is 0 Å². The van der Waals surface area contributed by atoms with E-state index in [-0.39, 0.29) is 5.91 Å². The average Bonchev–Trinajstić information content (AvgIpc) is 2.99. The predicted octanol–water partition coefficient (Wildman–Crippen LogP) is 3.48. The number of fused-ring (bicyclic) bond motifs is 1. The summed E-state index contributed by atoms with van der Waals surface area (Å²) < 4.78 is 0. The minimum Gasteiger partial charge on any atom is -0.361 e. The summed E-state index contributed by atoms with van der Waals surface area (Å²) in [4.78, 5) is 15.7. The van der Waals surface area contributed by atoms with Gasteiger partial charge in [0.05, 0.1) is 4.88 Å². The van der Waals surface area contributed by atoms with Crippen LogP contribution >= 0.6 is 11.3 Å². The van der Waals surface area contributed by atoms with Crippen LogP contribution in [0.1, 0.15) is 9.67 Å². The first-order chi connectivity index (χ1) is 8.33. The summed E-state index contributed by atoms with van der Waals surface area (Å²) in [7, 11) is 0. The molecule has 4 heteroatoms. The van der Waals surface area contributed by atoms with Crippen molar-refractivity contribution in [2.75, 3.05) is 5.32 Å². The maximum Gasteiger partial charge on any atom is 0.265 e. The van der Waals surface area contributed by atoms with Crippen molar-refractivity contribution in [1.82, 2.24) is 4.98 Å². The minimum absolute atomic E-state index is 0.0640. The van der Waals surface area contributed by atoms with Gasteiger partial charge >= 0.3 is 0 Å². The van der Waals surface area contributed by atoms with E-state index in [1.54, 1.807) is 0 Å². The molecule has 84 valence electrons. The third-order valence-corrected chi connectivity index (χ3v) is 3.43. The summed E-state index contributed by atoms with van der Waals surface area (Å²) in [6, 6.07) is 11.5. The number of carbonyl (C=O) groups excluding carboxylic acids is 1. The van der Waals surface area contributed by atoms with E-state index in [0.29, 0.717) is 0 Å². The zero-order valence-corrected chi connectivity index (χ0v) is 9.75. The molecule has 0 atom stereocenters. The number of benzene rings is 1. The number of thiophene rings is 1. The number of aromatic amines is 1. The molecular weight excluding hydrogens is 232 g/mol. The van der Waals surface area contributed by atoms with Crippen LogP contribution in [0.25, 0.3) is 10.9 Å². The molecule has 0 saturated heterocycles. The highest BCUT2D eigenvalue weighted by Crippen LogP contribution is 2.19. The van der Waals surface area contributed by atoms with Gasteiger partial charge in [-0.05, 0) is 35.0 Å². The van der Waals surface area contributed by atoms with Crippen LogP contribution in [0.3, 0.4) is 0 Å². The molecule has 3 aromatic rings. The van der Waals surface area contributed by atoms with Crippen molar-refractivity contribution < 1.29 is 4.79 Å². The Labute approximate surface area is 102 Å². The normalized spacial score (nSPS) is 10.6. The number of hydrogen-bond donors (Lipinski definition) is 2. The van der Waals surface area contributed by atoms with Crippen molar-refractivity contribution in [1.29, 1.82) is 0 Å². The molecule has 0 aliphatic heterocycles. The minimum atomic E-state index is -0.0640. The molecule has 0 aliphatic rings. The maximum atomic E-state index is 11.8. The van der Waals surface area contributed by atoms with Gasteiger partial charge in [-0.3, -0.25) is 4.79 Å². The number of hydrogen-bond acceptors (Lipinski definition) is 2. The van der Waals surface area contributed by atoms with E-state index in [1.165, 1.54) is 11.3 Å². The van der Waals surface area contributed by atoms with Gasteiger partial charge in [-0.1, -0.05) is 12.1 Å². The summed E-state index contributed by atoms with van der Waals surface area (Å²) in [6.07, 6.45) is 1.88. The van der Waals surface area contributed by atoms with Crippen LogP contribution in [0.2, 0.25) is 0 Å². The summed E-state index contributed by atoms with van der Waals surface area (Å²) >= 11 is 1.44. The molecule has 0 bridgehead atoms. The molecule has 17 heavy (non-hydrogen) atoms. The number of anilines is 1. The fraction of sp³-hybridized carbons (Fsp3) is 0. The third kappa shape index (κ3) is 1.94. The Morgan fingerprint density at radius 1 is 1.24 bits per heavy atom. The highest BCUT2D eigenvalue weighted by molar-refractivity contribution is 7.12. The Balaban J connectivity index is 1.87. The van der Waals surface area contributed by atoms with Crippen molar-refractivity contribution in [3.05, 3.63) is 52.9 Å². The fourth-order valence-corrected chi connectivity index (χ4v) is 2.34. The zero-order chi connectivity index (χ0) is 11.7. The van der Waals surface area contributed by atoms with Crippen LogP contribution < -0.4 is 5.32 Å². The smallest absolute Gasteiger partial charge is 0.265 e. The van der Waals surface area contributed by atoms with Gasteiger partial charge in [0.15, 0.2) is 0 Å². The van der Waals surface area contributed by atoms with Gasteiger partial charge in [-0.25, -0.2) is 0 Å². The Morgan fingerprint density at radius 3 is 3.00 bits per heavy atom. The molecule has 2 heterocycles. The van der Waals surface area contributed by atoms with E-state index >= 15 is 0 Å². The first-order valence-electron chi connectivity index (χ1n) is 5.25. The predicted molar refractivity (Wildman–Crippen MR) is 70.6 cm³/mol. The SMILES string of the molecule is O=C(Nc1ccc2cc[nH]c2c1)c1cccs1. The van der Waals surface area contributed by atoms with Gasteiger partial charge < -0.3 is 10.3 Å². The second-order valence-corrected chi connectivity index (χ2v) is 4.66. The first-order valence-corrected chi connectivity index (χ1v) is 6.13. The molecule has 0 radical (unpaired) electrons. The lowest BCUT2D eigenvalue weighted by atomic mass is 10.2. The average molecular weight is 242 g/mol. The number of nitrogens with one attached hydrogen (secondary N) is 2. The van der Waals surface area contributed by atoms with E-state index in [0.717, 1.165) is 21.5 Å². The molecule has 0 spiro atoms. The summed E-state index contributed by atoms with van der Waals surface area (Å²) in [5, 5.41) is 5.91. The molecular formula is C13H10N2OS. The van der Waals surface area contributed by atoms with E-state index in [2.05, 4.69) is 10.3 Å². The number of aromatic nitrogens is 1. The van der Waals surface area contributed by atoms with Gasteiger partial charge in [0, 0.05) is 17.4 Å². The van der Waals surface area contributed by atoms with Crippen LogP contribution in [-0.2, 0) is 0 Å².